The number of ether oxygens (including phenoxy) is 1. The minimum Gasteiger partial charge on any atom is -0.479 e. The van der Waals surface area contributed by atoms with Gasteiger partial charge < -0.3 is 26.1 Å². The van der Waals surface area contributed by atoms with Gasteiger partial charge in [-0.2, -0.15) is 0 Å². The van der Waals surface area contributed by atoms with Gasteiger partial charge in [-0.25, -0.2) is 0 Å². The summed E-state index contributed by atoms with van der Waals surface area (Å²) in [5.41, 5.74) is 20.2. The number of hydrogen-bond acceptors (Lipinski definition) is 7. The van der Waals surface area contributed by atoms with Crippen molar-refractivity contribution >= 4 is 28.2 Å². The van der Waals surface area contributed by atoms with Crippen LogP contribution in [0.2, 0.25) is 0 Å². The highest BCUT2D eigenvalue weighted by molar-refractivity contribution is 6.05. The van der Waals surface area contributed by atoms with Gasteiger partial charge in [-0.05, 0) is 49.1 Å². The minimum absolute atomic E-state index is 0.128. The third-order valence-corrected chi connectivity index (χ3v) is 5.20. The standard InChI is InChI=1S/C23H27N7O/c24-15-31-18-11-9-17(10-12-18)30-14-19-20(22(30)26)21(25)28-29-23(19)27-13-5-4-8-16-6-2-1-3-7-16/h1-3,6-7,9-12,14H,4-5,8,13,15,24,26H2,(H2,25,28)(H,27,29). The summed E-state index contributed by atoms with van der Waals surface area (Å²) in [7, 11) is 0. The van der Waals surface area contributed by atoms with Gasteiger partial charge in [0.2, 0.25) is 0 Å². The molecule has 160 valence electrons. The van der Waals surface area contributed by atoms with Crippen molar-refractivity contribution in [1.29, 1.82) is 0 Å². The number of unbranched alkanes of at least 4 members (excludes halogenated alkanes) is 1. The molecule has 0 saturated heterocycles. The minimum atomic E-state index is 0.128. The van der Waals surface area contributed by atoms with E-state index in [0.29, 0.717) is 28.6 Å². The first-order valence-electron chi connectivity index (χ1n) is 10.3. The Balaban J connectivity index is 1.49. The van der Waals surface area contributed by atoms with E-state index in [2.05, 4.69) is 39.8 Å². The van der Waals surface area contributed by atoms with Crippen molar-refractivity contribution in [3.05, 3.63) is 66.4 Å². The zero-order valence-corrected chi connectivity index (χ0v) is 17.3. The summed E-state index contributed by atoms with van der Waals surface area (Å²) in [6.45, 7) is 0.917. The molecule has 0 amide bonds. The molecular weight excluding hydrogens is 390 g/mol. The number of nitrogens with one attached hydrogen (secondary N) is 1. The van der Waals surface area contributed by atoms with Crippen LogP contribution in [0.5, 0.6) is 5.75 Å². The summed E-state index contributed by atoms with van der Waals surface area (Å²) in [4.78, 5) is 0. The van der Waals surface area contributed by atoms with Crippen LogP contribution in [0.25, 0.3) is 16.5 Å². The lowest BCUT2D eigenvalue weighted by Crippen LogP contribution is -2.07. The molecule has 7 N–H and O–H groups in total. The third kappa shape index (κ3) is 4.54. The van der Waals surface area contributed by atoms with Crippen LogP contribution in [-0.4, -0.2) is 28.0 Å². The Kier molecular flexibility index (Phi) is 6.18. The summed E-state index contributed by atoms with van der Waals surface area (Å²) >= 11 is 0. The van der Waals surface area contributed by atoms with Crippen molar-refractivity contribution in [2.75, 3.05) is 30.1 Å². The molecule has 0 saturated carbocycles. The second-order valence-electron chi connectivity index (χ2n) is 7.28. The number of nitrogens with two attached hydrogens (primary N) is 3. The zero-order valence-electron chi connectivity index (χ0n) is 17.3. The Morgan fingerprint density at radius 3 is 2.45 bits per heavy atom. The van der Waals surface area contributed by atoms with Crippen molar-refractivity contribution in [2.24, 2.45) is 5.73 Å². The van der Waals surface area contributed by atoms with E-state index in [-0.39, 0.29) is 6.73 Å². The summed E-state index contributed by atoms with van der Waals surface area (Å²) in [5.74, 6) is 2.20. The zero-order chi connectivity index (χ0) is 21.6. The predicted molar refractivity (Wildman–Crippen MR) is 125 cm³/mol. The van der Waals surface area contributed by atoms with Gasteiger partial charge in [0.15, 0.2) is 11.6 Å². The molecule has 8 nitrogen and oxygen atoms in total. The third-order valence-electron chi connectivity index (χ3n) is 5.20. The number of anilines is 3. The first-order chi connectivity index (χ1) is 15.2. The van der Waals surface area contributed by atoms with E-state index in [4.69, 9.17) is 21.9 Å². The van der Waals surface area contributed by atoms with Crippen molar-refractivity contribution < 1.29 is 4.74 Å². The molecule has 8 heteroatoms. The second-order valence-corrected chi connectivity index (χ2v) is 7.28. The summed E-state index contributed by atoms with van der Waals surface area (Å²) < 4.78 is 7.18. The Morgan fingerprint density at radius 2 is 1.71 bits per heavy atom. The van der Waals surface area contributed by atoms with E-state index in [1.165, 1.54) is 5.56 Å². The first kappa shape index (κ1) is 20.5. The number of rotatable bonds is 9. The number of nitrogens with zero attached hydrogens (tertiary/aromatic N) is 3. The van der Waals surface area contributed by atoms with Gasteiger partial charge >= 0.3 is 0 Å². The monoisotopic (exact) mass is 417 g/mol. The number of benzene rings is 2. The fourth-order valence-electron chi connectivity index (χ4n) is 3.63. The number of fused-ring (bicyclic) bond motifs is 1. The van der Waals surface area contributed by atoms with Crippen LogP contribution in [0.1, 0.15) is 18.4 Å². The van der Waals surface area contributed by atoms with Crippen molar-refractivity contribution in [2.45, 2.75) is 19.3 Å². The fourth-order valence-corrected chi connectivity index (χ4v) is 3.63. The quantitative estimate of drug-likeness (QED) is 0.243. The molecule has 2 aromatic heterocycles. The van der Waals surface area contributed by atoms with E-state index >= 15 is 0 Å². The fraction of sp³-hybridized carbons (Fsp3) is 0.217. The van der Waals surface area contributed by atoms with E-state index in [0.717, 1.165) is 36.9 Å². The first-order valence-corrected chi connectivity index (χ1v) is 10.3. The molecule has 0 atom stereocenters. The molecule has 4 aromatic rings. The van der Waals surface area contributed by atoms with Gasteiger partial charge in [-0.15, -0.1) is 10.2 Å². The lowest BCUT2D eigenvalue weighted by atomic mass is 10.1. The van der Waals surface area contributed by atoms with E-state index in [1.54, 1.807) is 0 Å². The Bertz CT molecular complexity index is 1140. The number of aromatic nitrogens is 3. The van der Waals surface area contributed by atoms with Gasteiger partial charge in [0.05, 0.1) is 10.8 Å². The molecule has 0 aliphatic heterocycles. The summed E-state index contributed by atoms with van der Waals surface area (Å²) in [5, 5.41) is 13.3. The van der Waals surface area contributed by atoms with Gasteiger partial charge in [0.1, 0.15) is 18.3 Å². The maximum Gasteiger partial charge on any atom is 0.158 e. The van der Waals surface area contributed by atoms with Crippen molar-refractivity contribution in [3.8, 4) is 11.4 Å². The van der Waals surface area contributed by atoms with Crippen LogP contribution < -0.4 is 27.3 Å². The van der Waals surface area contributed by atoms with Crippen LogP contribution in [0, 0.1) is 0 Å². The average Bonchev–Trinajstić information content (AvgIpc) is 3.15. The Labute approximate surface area is 181 Å². The van der Waals surface area contributed by atoms with Gasteiger partial charge in [0, 0.05) is 18.4 Å². The Hall–Kier alpha value is -3.78. The number of nitrogen functional groups attached to an aromatic ring is 2. The normalized spacial score (nSPS) is 11.0. The molecule has 4 rings (SSSR count). The van der Waals surface area contributed by atoms with Crippen LogP contribution in [0.3, 0.4) is 0 Å². The molecule has 0 aliphatic rings. The smallest absolute Gasteiger partial charge is 0.158 e. The van der Waals surface area contributed by atoms with Crippen molar-refractivity contribution in [1.82, 2.24) is 14.8 Å². The average molecular weight is 418 g/mol. The summed E-state index contributed by atoms with van der Waals surface area (Å²) in [6, 6.07) is 18.0. The lowest BCUT2D eigenvalue weighted by molar-refractivity contribution is 0.329. The molecule has 0 spiro atoms. The molecule has 2 aromatic carbocycles. The number of aryl methyl sites for hydroxylation is 1. The lowest BCUT2D eigenvalue weighted by Gasteiger charge is -2.08. The largest absolute Gasteiger partial charge is 0.479 e. The topological polar surface area (TPSA) is 130 Å². The molecule has 0 aliphatic carbocycles. The van der Waals surface area contributed by atoms with Crippen LogP contribution >= 0.6 is 0 Å². The molecule has 0 fully saturated rings. The van der Waals surface area contributed by atoms with E-state index in [9.17, 15) is 0 Å². The molecule has 2 heterocycles. The molecular formula is C23H27N7O. The summed E-state index contributed by atoms with van der Waals surface area (Å²) in [6.07, 6.45) is 5.09. The maximum atomic E-state index is 6.41. The highest BCUT2D eigenvalue weighted by Crippen LogP contribution is 2.33. The van der Waals surface area contributed by atoms with Gasteiger partial charge in [-0.3, -0.25) is 5.73 Å². The Morgan fingerprint density at radius 1 is 0.935 bits per heavy atom. The molecule has 0 radical (unpaired) electrons. The molecule has 0 bridgehead atoms. The van der Waals surface area contributed by atoms with Crippen LogP contribution in [0.15, 0.2) is 60.8 Å². The second kappa shape index (κ2) is 9.36. The highest BCUT2D eigenvalue weighted by Gasteiger charge is 2.16. The number of hydrogen-bond donors (Lipinski definition) is 4. The van der Waals surface area contributed by atoms with Crippen LogP contribution in [-0.2, 0) is 6.42 Å². The molecule has 0 unspecified atom stereocenters. The predicted octanol–water partition coefficient (Wildman–Crippen LogP) is 3.31. The van der Waals surface area contributed by atoms with Crippen molar-refractivity contribution in [3.63, 3.8) is 0 Å². The van der Waals surface area contributed by atoms with E-state index in [1.807, 2.05) is 41.1 Å². The molecule has 31 heavy (non-hydrogen) atoms. The van der Waals surface area contributed by atoms with Gasteiger partial charge in [-0.1, -0.05) is 30.3 Å². The maximum absolute atomic E-state index is 6.41. The SMILES string of the molecule is NCOc1ccc(-n2cc3c(NCCCCc4ccccc4)nnc(N)c3c2N)cc1. The van der Waals surface area contributed by atoms with E-state index < -0.39 is 0 Å². The highest BCUT2D eigenvalue weighted by atomic mass is 16.5. The van der Waals surface area contributed by atoms with Crippen LogP contribution in [0.4, 0.5) is 17.5 Å². The van der Waals surface area contributed by atoms with Gasteiger partial charge in [0.25, 0.3) is 0 Å².